The summed E-state index contributed by atoms with van der Waals surface area (Å²) < 4.78 is 0. The Morgan fingerprint density at radius 1 is 0.340 bits per heavy atom. The third kappa shape index (κ3) is 5.26. The van der Waals surface area contributed by atoms with Crippen LogP contribution < -0.4 is 4.90 Å². The predicted molar refractivity (Wildman–Crippen MR) is 202 cm³/mol. The van der Waals surface area contributed by atoms with Crippen molar-refractivity contribution in [2.24, 2.45) is 0 Å². The van der Waals surface area contributed by atoms with Crippen molar-refractivity contribution < 1.29 is 0 Å². The van der Waals surface area contributed by atoms with Gasteiger partial charge in [0.15, 0.2) is 0 Å². The molecule has 8 rings (SSSR count). The maximum Gasteiger partial charge on any atom is 0.0467 e. The molecule has 0 bridgehead atoms. The summed E-state index contributed by atoms with van der Waals surface area (Å²) in [6.07, 6.45) is 0. The van der Waals surface area contributed by atoms with Crippen LogP contribution in [0.5, 0.6) is 0 Å². The standard InChI is InChI=1S/C46H35N/c1-32-24-25-37(31-45(32)46-33(2)41-20-9-10-21-42(41)43-22-11-12-23-44(43)46)36-16-13-19-40(30-36)47(38-17-7-4-8-18-38)39-28-26-35(27-29-39)34-14-5-3-6-15-34/h3-31H,1-2H3. The third-order valence-corrected chi connectivity index (χ3v) is 9.38. The summed E-state index contributed by atoms with van der Waals surface area (Å²) >= 11 is 0. The molecule has 0 amide bonds. The topological polar surface area (TPSA) is 3.24 Å². The second-order valence-corrected chi connectivity index (χ2v) is 12.3. The van der Waals surface area contributed by atoms with E-state index in [0.29, 0.717) is 0 Å². The number of para-hydroxylation sites is 1. The van der Waals surface area contributed by atoms with Crippen molar-refractivity contribution in [1.29, 1.82) is 0 Å². The molecule has 8 aromatic carbocycles. The van der Waals surface area contributed by atoms with Crippen molar-refractivity contribution in [3.05, 3.63) is 187 Å². The van der Waals surface area contributed by atoms with Gasteiger partial charge in [0, 0.05) is 17.1 Å². The molecule has 0 aromatic heterocycles. The van der Waals surface area contributed by atoms with E-state index in [1.165, 1.54) is 66.1 Å². The lowest BCUT2D eigenvalue weighted by Gasteiger charge is -2.26. The zero-order valence-electron chi connectivity index (χ0n) is 26.7. The van der Waals surface area contributed by atoms with Crippen molar-refractivity contribution in [1.82, 2.24) is 0 Å². The maximum atomic E-state index is 2.39. The van der Waals surface area contributed by atoms with Crippen LogP contribution in [0.15, 0.2) is 176 Å². The predicted octanol–water partition coefficient (Wildman–Crippen LogP) is 13.1. The average Bonchev–Trinajstić information content (AvgIpc) is 3.14. The molecule has 0 unspecified atom stereocenters. The lowest BCUT2D eigenvalue weighted by molar-refractivity contribution is 1.28. The normalized spacial score (nSPS) is 11.2. The highest BCUT2D eigenvalue weighted by molar-refractivity contribution is 6.16. The van der Waals surface area contributed by atoms with E-state index in [-0.39, 0.29) is 0 Å². The Morgan fingerprint density at radius 3 is 1.55 bits per heavy atom. The van der Waals surface area contributed by atoms with Gasteiger partial charge in [0.2, 0.25) is 0 Å². The second-order valence-electron chi connectivity index (χ2n) is 12.3. The van der Waals surface area contributed by atoms with Crippen LogP contribution in [0.3, 0.4) is 0 Å². The Morgan fingerprint density at radius 2 is 0.830 bits per heavy atom. The molecule has 0 aliphatic heterocycles. The highest BCUT2D eigenvalue weighted by Gasteiger charge is 2.17. The highest BCUT2D eigenvalue weighted by Crippen LogP contribution is 2.42. The van der Waals surface area contributed by atoms with E-state index >= 15 is 0 Å². The molecule has 0 radical (unpaired) electrons. The summed E-state index contributed by atoms with van der Waals surface area (Å²) in [6.45, 7) is 4.51. The summed E-state index contributed by atoms with van der Waals surface area (Å²) in [5.74, 6) is 0. The summed E-state index contributed by atoms with van der Waals surface area (Å²) in [4.78, 5) is 2.34. The molecule has 1 nitrogen and oxygen atoms in total. The molecule has 0 spiro atoms. The highest BCUT2D eigenvalue weighted by atomic mass is 15.1. The monoisotopic (exact) mass is 601 g/mol. The van der Waals surface area contributed by atoms with Crippen molar-refractivity contribution in [3.63, 3.8) is 0 Å². The first-order valence-electron chi connectivity index (χ1n) is 16.3. The van der Waals surface area contributed by atoms with Gasteiger partial charge in [-0.2, -0.15) is 0 Å². The van der Waals surface area contributed by atoms with Crippen LogP contribution in [0.2, 0.25) is 0 Å². The van der Waals surface area contributed by atoms with Gasteiger partial charge in [-0.15, -0.1) is 0 Å². The van der Waals surface area contributed by atoms with Crippen LogP contribution in [-0.2, 0) is 0 Å². The van der Waals surface area contributed by atoms with E-state index < -0.39 is 0 Å². The Hall–Kier alpha value is -5.92. The second kappa shape index (κ2) is 12.1. The molecule has 0 fully saturated rings. The van der Waals surface area contributed by atoms with Crippen LogP contribution in [0.1, 0.15) is 11.1 Å². The first-order chi connectivity index (χ1) is 23.2. The van der Waals surface area contributed by atoms with Gasteiger partial charge in [0.05, 0.1) is 0 Å². The Balaban J connectivity index is 1.25. The molecule has 1 heteroatoms. The zero-order chi connectivity index (χ0) is 31.7. The van der Waals surface area contributed by atoms with Crippen LogP contribution >= 0.6 is 0 Å². The Labute approximate surface area is 277 Å². The van der Waals surface area contributed by atoms with Crippen LogP contribution in [0, 0.1) is 13.8 Å². The fourth-order valence-electron chi connectivity index (χ4n) is 7.02. The number of hydrogen-bond acceptors (Lipinski definition) is 1. The van der Waals surface area contributed by atoms with Gasteiger partial charge in [0.1, 0.15) is 0 Å². The third-order valence-electron chi connectivity index (χ3n) is 9.38. The largest absolute Gasteiger partial charge is 0.310 e. The van der Waals surface area contributed by atoms with Crippen molar-refractivity contribution in [2.45, 2.75) is 13.8 Å². The van der Waals surface area contributed by atoms with E-state index in [2.05, 4.69) is 195 Å². The van der Waals surface area contributed by atoms with E-state index in [9.17, 15) is 0 Å². The molecule has 0 heterocycles. The summed E-state index contributed by atoms with van der Waals surface area (Å²) in [6, 6.07) is 63.6. The minimum absolute atomic E-state index is 1.12. The number of anilines is 3. The van der Waals surface area contributed by atoms with Crippen LogP contribution in [0.25, 0.3) is 54.9 Å². The van der Waals surface area contributed by atoms with Gasteiger partial charge in [-0.05, 0) is 122 Å². The minimum Gasteiger partial charge on any atom is -0.310 e. The lowest BCUT2D eigenvalue weighted by Crippen LogP contribution is -2.09. The Kier molecular flexibility index (Phi) is 7.36. The van der Waals surface area contributed by atoms with Gasteiger partial charge in [-0.1, -0.05) is 133 Å². The number of aryl methyl sites for hydroxylation is 2. The first-order valence-corrected chi connectivity index (χ1v) is 16.3. The summed E-state index contributed by atoms with van der Waals surface area (Å²) in [5, 5.41) is 5.22. The fraction of sp³-hybridized carbons (Fsp3) is 0.0435. The fourth-order valence-corrected chi connectivity index (χ4v) is 7.02. The quantitative estimate of drug-likeness (QED) is 0.171. The number of fused-ring (bicyclic) bond motifs is 3. The molecule has 0 aliphatic rings. The van der Waals surface area contributed by atoms with E-state index in [4.69, 9.17) is 0 Å². The molecule has 0 aliphatic carbocycles. The van der Waals surface area contributed by atoms with Gasteiger partial charge >= 0.3 is 0 Å². The van der Waals surface area contributed by atoms with Crippen LogP contribution in [-0.4, -0.2) is 0 Å². The van der Waals surface area contributed by atoms with E-state index in [0.717, 1.165) is 17.1 Å². The molecule has 0 N–H and O–H groups in total. The zero-order valence-corrected chi connectivity index (χ0v) is 26.7. The average molecular weight is 602 g/mol. The van der Waals surface area contributed by atoms with Gasteiger partial charge in [-0.3, -0.25) is 0 Å². The molecule has 0 saturated carbocycles. The molecular weight excluding hydrogens is 567 g/mol. The molecule has 8 aromatic rings. The van der Waals surface area contributed by atoms with Crippen molar-refractivity contribution in [3.8, 4) is 33.4 Å². The van der Waals surface area contributed by atoms with E-state index in [1.54, 1.807) is 0 Å². The molecular formula is C46H35N. The Bertz CT molecular complexity index is 2350. The number of benzene rings is 8. The molecule has 0 atom stereocenters. The number of nitrogens with zero attached hydrogens (tertiary/aromatic N) is 1. The van der Waals surface area contributed by atoms with Gasteiger partial charge < -0.3 is 4.90 Å². The number of hydrogen-bond donors (Lipinski definition) is 0. The summed E-state index contributed by atoms with van der Waals surface area (Å²) in [5.41, 5.74) is 13.4. The van der Waals surface area contributed by atoms with Crippen molar-refractivity contribution >= 4 is 38.6 Å². The first kappa shape index (κ1) is 28.5. The minimum atomic E-state index is 1.12. The maximum absolute atomic E-state index is 2.39. The van der Waals surface area contributed by atoms with Crippen LogP contribution in [0.4, 0.5) is 17.1 Å². The lowest BCUT2D eigenvalue weighted by atomic mass is 9.86. The van der Waals surface area contributed by atoms with Gasteiger partial charge in [0.25, 0.3) is 0 Å². The smallest absolute Gasteiger partial charge is 0.0467 e. The number of rotatable bonds is 6. The van der Waals surface area contributed by atoms with Gasteiger partial charge in [-0.25, -0.2) is 0 Å². The van der Waals surface area contributed by atoms with Crippen molar-refractivity contribution in [2.75, 3.05) is 4.90 Å². The molecule has 224 valence electrons. The molecule has 47 heavy (non-hydrogen) atoms. The SMILES string of the molecule is Cc1ccc(-c2cccc(N(c3ccccc3)c3ccc(-c4ccccc4)cc3)c2)cc1-c1c(C)c2ccccc2c2ccccc12. The molecule has 0 saturated heterocycles. The van der Waals surface area contributed by atoms with E-state index in [1.807, 2.05) is 0 Å². The summed E-state index contributed by atoms with van der Waals surface area (Å²) in [7, 11) is 0.